The highest BCUT2D eigenvalue weighted by atomic mass is 16.6. The van der Waals surface area contributed by atoms with Crippen LogP contribution in [0.3, 0.4) is 0 Å². The zero-order chi connectivity index (χ0) is 13.4. The smallest absolute Gasteiger partial charge is 0.234 e. The molecule has 5 heteroatoms. The molecule has 1 aliphatic heterocycles. The molecule has 0 bridgehead atoms. The summed E-state index contributed by atoms with van der Waals surface area (Å²) >= 11 is 0. The van der Waals surface area contributed by atoms with E-state index in [4.69, 9.17) is 14.4 Å². The summed E-state index contributed by atoms with van der Waals surface area (Å²) in [6.07, 6.45) is -0.218. The summed E-state index contributed by atoms with van der Waals surface area (Å²) in [4.78, 5) is 5.92. The van der Waals surface area contributed by atoms with Crippen molar-refractivity contribution in [2.24, 2.45) is 0 Å². The molecular formula is C14H13N3O2. The molecule has 1 aliphatic rings. The largest absolute Gasteiger partial charge is 0.421 e. The van der Waals surface area contributed by atoms with E-state index in [1.54, 1.807) is 4.90 Å². The number of ether oxygens (including phenoxy) is 1. The number of rotatable bonds is 3. The van der Waals surface area contributed by atoms with Gasteiger partial charge in [-0.15, -0.1) is 0 Å². The lowest BCUT2D eigenvalue weighted by molar-refractivity contribution is 0.344. The van der Waals surface area contributed by atoms with Gasteiger partial charge in [0.2, 0.25) is 17.5 Å². The van der Waals surface area contributed by atoms with Crippen molar-refractivity contribution in [2.75, 3.05) is 19.0 Å². The van der Waals surface area contributed by atoms with Gasteiger partial charge in [0.1, 0.15) is 12.2 Å². The molecule has 96 valence electrons. The molecule has 1 fully saturated rings. The van der Waals surface area contributed by atoms with E-state index in [1.165, 1.54) is 0 Å². The van der Waals surface area contributed by atoms with Crippen LogP contribution in [0.5, 0.6) is 0 Å². The van der Waals surface area contributed by atoms with Gasteiger partial charge >= 0.3 is 0 Å². The SMILES string of the molecule is CN(C)c1oc(C2OC2c2ccccc2)nc1C#N. The summed E-state index contributed by atoms with van der Waals surface area (Å²) in [5, 5.41) is 9.03. The van der Waals surface area contributed by atoms with E-state index in [2.05, 4.69) is 4.98 Å². The van der Waals surface area contributed by atoms with E-state index in [9.17, 15) is 0 Å². The average Bonchev–Trinajstić information content (AvgIpc) is 3.11. The van der Waals surface area contributed by atoms with Crippen LogP contribution in [0.2, 0.25) is 0 Å². The minimum absolute atomic E-state index is 0.0265. The highest BCUT2D eigenvalue weighted by Gasteiger charge is 2.45. The van der Waals surface area contributed by atoms with Gasteiger partial charge in [-0.2, -0.15) is 10.2 Å². The van der Waals surface area contributed by atoms with E-state index in [0.717, 1.165) is 5.56 Å². The molecule has 0 spiro atoms. The maximum atomic E-state index is 9.03. The minimum atomic E-state index is -0.191. The van der Waals surface area contributed by atoms with Crippen LogP contribution < -0.4 is 4.90 Å². The zero-order valence-electron chi connectivity index (χ0n) is 10.7. The van der Waals surface area contributed by atoms with Crippen LogP contribution in [0.1, 0.15) is 29.4 Å². The second-order valence-electron chi connectivity index (χ2n) is 4.60. The number of epoxide rings is 1. The molecule has 0 amide bonds. The maximum absolute atomic E-state index is 9.03. The normalized spacial score (nSPS) is 20.9. The Morgan fingerprint density at radius 2 is 1.95 bits per heavy atom. The fraction of sp³-hybridized carbons (Fsp3) is 0.286. The van der Waals surface area contributed by atoms with Crippen molar-refractivity contribution in [1.29, 1.82) is 5.26 Å². The fourth-order valence-electron chi connectivity index (χ4n) is 2.02. The van der Waals surface area contributed by atoms with Crippen molar-refractivity contribution in [2.45, 2.75) is 12.2 Å². The Kier molecular flexibility index (Phi) is 2.73. The third-order valence-corrected chi connectivity index (χ3v) is 3.00. The monoisotopic (exact) mass is 255 g/mol. The van der Waals surface area contributed by atoms with Gasteiger partial charge in [-0.3, -0.25) is 0 Å². The number of benzene rings is 1. The molecular weight excluding hydrogens is 242 g/mol. The number of anilines is 1. The number of nitrogens with zero attached hydrogens (tertiary/aromatic N) is 3. The average molecular weight is 255 g/mol. The molecule has 0 aliphatic carbocycles. The molecule has 2 aromatic rings. The Labute approximate surface area is 111 Å². The van der Waals surface area contributed by atoms with Gasteiger partial charge in [-0.25, -0.2) is 0 Å². The molecule has 19 heavy (non-hydrogen) atoms. The van der Waals surface area contributed by atoms with Crippen LogP contribution in [-0.2, 0) is 4.74 Å². The van der Waals surface area contributed by atoms with Gasteiger partial charge in [0, 0.05) is 14.1 Å². The second kappa shape index (κ2) is 4.41. The van der Waals surface area contributed by atoms with Gasteiger partial charge in [-0.1, -0.05) is 30.3 Å². The number of hydrogen-bond acceptors (Lipinski definition) is 5. The highest BCUT2D eigenvalue weighted by Crippen LogP contribution is 2.51. The Hall–Kier alpha value is -2.32. The van der Waals surface area contributed by atoms with Crippen LogP contribution >= 0.6 is 0 Å². The fourth-order valence-corrected chi connectivity index (χ4v) is 2.02. The number of aromatic nitrogens is 1. The zero-order valence-corrected chi connectivity index (χ0v) is 10.7. The Bertz CT molecular complexity index is 628. The molecule has 0 saturated carbocycles. The summed E-state index contributed by atoms with van der Waals surface area (Å²) in [7, 11) is 3.63. The van der Waals surface area contributed by atoms with E-state index < -0.39 is 0 Å². The van der Waals surface area contributed by atoms with Gasteiger partial charge < -0.3 is 14.1 Å². The summed E-state index contributed by atoms with van der Waals surface area (Å²) in [6, 6.07) is 11.9. The molecule has 2 heterocycles. The number of oxazole rings is 1. The van der Waals surface area contributed by atoms with E-state index in [0.29, 0.717) is 17.5 Å². The van der Waals surface area contributed by atoms with E-state index in [-0.39, 0.29) is 12.2 Å². The molecule has 1 saturated heterocycles. The Morgan fingerprint density at radius 3 is 2.53 bits per heavy atom. The third kappa shape index (κ3) is 2.07. The summed E-state index contributed by atoms with van der Waals surface area (Å²) < 4.78 is 11.2. The molecule has 5 nitrogen and oxygen atoms in total. The Balaban J connectivity index is 1.85. The predicted octanol–water partition coefficient (Wildman–Crippen LogP) is 2.42. The first-order valence-electron chi connectivity index (χ1n) is 5.99. The minimum Gasteiger partial charge on any atom is -0.421 e. The standard InChI is InChI=1S/C14H13N3O2/c1-17(2)14-10(8-15)16-13(19-14)12-11(18-12)9-6-4-3-5-7-9/h3-7,11-12H,1-2H3. The number of nitriles is 1. The van der Waals surface area contributed by atoms with Crippen molar-refractivity contribution >= 4 is 5.88 Å². The molecule has 3 rings (SSSR count). The second-order valence-corrected chi connectivity index (χ2v) is 4.60. The van der Waals surface area contributed by atoms with Crippen molar-refractivity contribution < 1.29 is 9.15 Å². The molecule has 2 unspecified atom stereocenters. The molecule has 1 aromatic carbocycles. The summed E-state index contributed by atoms with van der Waals surface area (Å²) in [5.74, 6) is 0.939. The van der Waals surface area contributed by atoms with Gasteiger partial charge in [0.25, 0.3) is 0 Å². The van der Waals surface area contributed by atoms with Gasteiger partial charge in [0.05, 0.1) is 0 Å². The Morgan fingerprint density at radius 1 is 1.21 bits per heavy atom. The number of hydrogen-bond donors (Lipinski definition) is 0. The molecule has 0 N–H and O–H groups in total. The van der Waals surface area contributed by atoms with E-state index in [1.807, 2.05) is 50.5 Å². The lowest BCUT2D eigenvalue weighted by Crippen LogP contribution is -2.08. The van der Waals surface area contributed by atoms with Crippen LogP contribution in [0.25, 0.3) is 0 Å². The third-order valence-electron chi connectivity index (χ3n) is 3.00. The lowest BCUT2D eigenvalue weighted by atomic mass is 10.1. The lowest BCUT2D eigenvalue weighted by Gasteiger charge is -2.05. The first-order valence-corrected chi connectivity index (χ1v) is 5.99. The highest BCUT2D eigenvalue weighted by molar-refractivity contribution is 5.47. The summed E-state index contributed by atoms with van der Waals surface area (Å²) in [6.45, 7) is 0. The van der Waals surface area contributed by atoms with Crippen molar-refractivity contribution in [3.63, 3.8) is 0 Å². The van der Waals surface area contributed by atoms with Crippen molar-refractivity contribution in [3.05, 3.63) is 47.5 Å². The summed E-state index contributed by atoms with van der Waals surface area (Å²) in [5.41, 5.74) is 1.39. The van der Waals surface area contributed by atoms with Crippen LogP contribution in [0.4, 0.5) is 5.88 Å². The molecule has 1 aromatic heterocycles. The van der Waals surface area contributed by atoms with Gasteiger partial charge in [0.15, 0.2) is 6.10 Å². The predicted molar refractivity (Wildman–Crippen MR) is 68.6 cm³/mol. The quantitative estimate of drug-likeness (QED) is 0.788. The first kappa shape index (κ1) is 11.8. The van der Waals surface area contributed by atoms with Crippen molar-refractivity contribution in [3.8, 4) is 6.07 Å². The topological polar surface area (TPSA) is 65.6 Å². The maximum Gasteiger partial charge on any atom is 0.234 e. The first-order chi connectivity index (χ1) is 9.20. The van der Waals surface area contributed by atoms with Crippen LogP contribution in [0, 0.1) is 11.3 Å². The van der Waals surface area contributed by atoms with E-state index >= 15 is 0 Å². The molecule has 2 atom stereocenters. The van der Waals surface area contributed by atoms with Crippen LogP contribution in [0.15, 0.2) is 34.7 Å². The van der Waals surface area contributed by atoms with Gasteiger partial charge in [-0.05, 0) is 5.56 Å². The molecule has 0 radical (unpaired) electrons. The van der Waals surface area contributed by atoms with Crippen molar-refractivity contribution in [1.82, 2.24) is 4.98 Å². The van der Waals surface area contributed by atoms with Crippen LogP contribution in [-0.4, -0.2) is 19.1 Å².